The summed E-state index contributed by atoms with van der Waals surface area (Å²) in [4.78, 5) is 3.31. The maximum absolute atomic E-state index is 5.14. The molecule has 1 aromatic heterocycles. The molecule has 8 aromatic rings. The van der Waals surface area contributed by atoms with E-state index in [-0.39, 0.29) is 6.71 Å². The number of aromatic nitrogens is 1. The third-order valence-corrected chi connectivity index (χ3v) is 9.93. The van der Waals surface area contributed by atoms with E-state index in [0.717, 1.165) is 22.0 Å². The van der Waals surface area contributed by atoms with Crippen LogP contribution in [0.2, 0.25) is 0 Å². The molecule has 0 bridgehead atoms. The summed E-state index contributed by atoms with van der Waals surface area (Å²) < 4.78 is 2.49. The normalized spacial score (nSPS) is 11.8. The molecule has 0 atom stereocenters. The zero-order valence-electron chi connectivity index (χ0n) is 26.2. The Morgan fingerprint density at radius 3 is 1.65 bits per heavy atom. The smallest absolute Gasteiger partial charge is 0.248 e. The van der Waals surface area contributed by atoms with Crippen LogP contribution >= 0.6 is 12.6 Å². The largest absolute Gasteiger partial charge is 0.311 e. The van der Waals surface area contributed by atoms with Crippen molar-refractivity contribution in [1.82, 2.24) is 4.57 Å². The maximum atomic E-state index is 5.14. The Hall–Kier alpha value is -5.71. The van der Waals surface area contributed by atoms with Gasteiger partial charge in [-0.3, -0.25) is 0 Å². The highest BCUT2D eigenvalue weighted by Gasteiger charge is 2.36. The zero-order chi connectivity index (χ0) is 32.0. The zero-order valence-corrected chi connectivity index (χ0v) is 27.1. The SMILES string of the molecule is Sc1cccc2c1B(c1ccc(N(c3ccccc3)c3ccccc3)cc1)c1cccc3c(-c4ccccc4)c(-c4ccccc4)n-2c13. The summed E-state index contributed by atoms with van der Waals surface area (Å²) in [6.45, 7) is 0.0167. The summed E-state index contributed by atoms with van der Waals surface area (Å²) in [5, 5.41) is 1.26. The third-order valence-electron chi connectivity index (χ3n) is 9.54. The van der Waals surface area contributed by atoms with Crippen molar-refractivity contribution in [3.05, 3.63) is 182 Å². The number of benzene rings is 7. The van der Waals surface area contributed by atoms with Crippen molar-refractivity contribution in [2.24, 2.45) is 0 Å². The number of nitrogens with zero attached hydrogens (tertiary/aromatic N) is 2. The lowest BCUT2D eigenvalue weighted by atomic mass is 9.35. The summed E-state index contributed by atoms with van der Waals surface area (Å²) in [6, 6.07) is 65.2. The van der Waals surface area contributed by atoms with Gasteiger partial charge in [-0.15, -0.1) is 12.6 Å². The van der Waals surface area contributed by atoms with E-state index in [2.05, 4.69) is 191 Å². The van der Waals surface area contributed by atoms with Crippen molar-refractivity contribution in [3.8, 4) is 28.1 Å². The predicted molar refractivity (Wildman–Crippen MR) is 207 cm³/mol. The molecule has 0 radical (unpaired) electrons. The first-order chi connectivity index (χ1) is 23.8. The molecule has 226 valence electrons. The minimum absolute atomic E-state index is 0.0167. The number of fused-ring (bicyclic) bond motifs is 2. The standard InChI is InChI=1S/C44H31BN2S/c48-40-26-14-25-39-42(40)45(33-27-29-36(30-28-33)46(34-19-9-3-10-20-34)35-21-11-4-12-22-35)38-24-13-23-37-41(31-15-5-1-6-16-31)43(47(39)44(37)38)32-17-7-2-8-18-32/h1-30,48H. The van der Waals surface area contributed by atoms with E-state index < -0.39 is 0 Å². The van der Waals surface area contributed by atoms with Crippen LogP contribution in [0, 0.1) is 0 Å². The van der Waals surface area contributed by atoms with Gasteiger partial charge in [-0.1, -0.05) is 139 Å². The van der Waals surface area contributed by atoms with Crippen molar-refractivity contribution in [1.29, 1.82) is 0 Å². The van der Waals surface area contributed by atoms with Gasteiger partial charge in [0.05, 0.1) is 5.69 Å². The number of hydrogen-bond donors (Lipinski definition) is 1. The summed E-state index contributed by atoms with van der Waals surface area (Å²) in [5.41, 5.74) is 14.4. The molecule has 2 nitrogen and oxygen atoms in total. The Labute approximate surface area is 287 Å². The molecule has 0 fully saturated rings. The van der Waals surface area contributed by atoms with E-state index in [1.165, 1.54) is 55.4 Å². The van der Waals surface area contributed by atoms with Crippen molar-refractivity contribution in [2.75, 3.05) is 4.90 Å². The van der Waals surface area contributed by atoms with Gasteiger partial charge in [0.2, 0.25) is 6.71 Å². The van der Waals surface area contributed by atoms with Gasteiger partial charge in [-0.2, -0.15) is 0 Å². The molecular formula is C44H31BN2S. The second-order valence-corrected chi connectivity index (χ2v) is 12.8. The third kappa shape index (κ3) is 4.60. The number of hydrogen-bond acceptors (Lipinski definition) is 2. The van der Waals surface area contributed by atoms with Crippen molar-refractivity contribution in [2.45, 2.75) is 4.90 Å². The van der Waals surface area contributed by atoms with Gasteiger partial charge in [0.1, 0.15) is 0 Å². The molecule has 0 saturated heterocycles. The van der Waals surface area contributed by atoms with Gasteiger partial charge in [0.25, 0.3) is 0 Å². The quantitative estimate of drug-likeness (QED) is 0.142. The average molecular weight is 631 g/mol. The minimum Gasteiger partial charge on any atom is -0.311 e. The molecule has 2 heterocycles. The Bertz CT molecular complexity index is 2350. The predicted octanol–water partition coefficient (Wildman–Crippen LogP) is 9.55. The van der Waals surface area contributed by atoms with Crippen LogP contribution in [-0.2, 0) is 0 Å². The summed E-state index contributed by atoms with van der Waals surface area (Å²) >= 11 is 5.14. The van der Waals surface area contributed by atoms with Crippen molar-refractivity contribution in [3.63, 3.8) is 0 Å². The van der Waals surface area contributed by atoms with Crippen LogP contribution in [0.15, 0.2) is 187 Å². The fourth-order valence-electron chi connectivity index (χ4n) is 7.56. The summed E-state index contributed by atoms with van der Waals surface area (Å²) in [6.07, 6.45) is 0. The first-order valence-corrected chi connectivity index (χ1v) is 16.8. The maximum Gasteiger partial charge on any atom is 0.248 e. The highest BCUT2D eigenvalue weighted by atomic mass is 32.1. The Kier molecular flexibility index (Phi) is 7.03. The first-order valence-electron chi connectivity index (χ1n) is 16.4. The van der Waals surface area contributed by atoms with Crippen LogP contribution in [0.1, 0.15) is 0 Å². The highest BCUT2D eigenvalue weighted by molar-refractivity contribution is 7.80. The monoisotopic (exact) mass is 630 g/mol. The fraction of sp³-hybridized carbons (Fsp3) is 0. The molecule has 9 rings (SSSR count). The molecule has 7 aromatic carbocycles. The van der Waals surface area contributed by atoms with Gasteiger partial charge < -0.3 is 9.47 Å². The second-order valence-electron chi connectivity index (χ2n) is 12.3. The minimum atomic E-state index is 0.0167. The summed E-state index contributed by atoms with van der Waals surface area (Å²) in [5.74, 6) is 0. The van der Waals surface area contributed by atoms with Crippen molar-refractivity contribution < 1.29 is 0 Å². The van der Waals surface area contributed by atoms with Crippen LogP contribution in [0.25, 0.3) is 39.0 Å². The number of anilines is 3. The molecule has 0 spiro atoms. The topological polar surface area (TPSA) is 8.17 Å². The molecule has 0 unspecified atom stereocenters. The van der Waals surface area contributed by atoms with Gasteiger partial charge in [-0.05, 0) is 70.6 Å². The van der Waals surface area contributed by atoms with Crippen LogP contribution in [-0.4, -0.2) is 11.3 Å². The molecule has 0 N–H and O–H groups in total. The van der Waals surface area contributed by atoms with E-state index in [9.17, 15) is 0 Å². The van der Waals surface area contributed by atoms with E-state index >= 15 is 0 Å². The number of rotatable bonds is 6. The van der Waals surface area contributed by atoms with Gasteiger partial charge in [-0.25, -0.2) is 0 Å². The molecule has 48 heavy (non-hydrogen) atoms. The Balaban J connectivity index is 1.28. The fourth-order valence-corrected chi connectivity index (χ4v) is 7.88. The summed E-state index contributed by atoms with van der Waals surface area (Å²) in [7, 11) is 0. The number of para-hydroxylation sites is 3. The van der Waals surface area contributed by atoms with Gasteiger partial charge in [0.15, 0.2) is 0 Å². The molecule has 1 aliphatic rings. The van der Waals surface area contributed by atoms with Gasteiger partial charge in [0, 0.05) is 44.1 Å². The molecule has 0 aliphatic carbocycles. The second kappa shape index (κ2) is 11.8. The van der Waals surface area contributed by atoms with E-state index in [4.69, 9.17) is 12.6 Å². The van der Waals surface area contributed by atoms with Crippen molar-refractivity contribution >= 4 is 63.7 Å². The molecule has 4 heteroatoms. The first kappa shape index (κ1) is 28.5. The number of thiol groups is 1. The van der Waals surface area contributed by atoms with E-state index in [1.807, 2.05) is 0 Å². The van der Waals surface area contributed by atoms with E-state index in [1.54, 1.807) is 0 Å². The van der Waals surface area contributed by atoms with E-state index in [0.29, 0.717) is 0 Å². The Morgan fingerprint density at radius 2 is 1.02 bits per heavy atom. The lowest BCUT2D eigenvalue weighted by molar-refractivity contribution is 1.13. The van der Waals surface area contributed by atoms with Crippen LogP contribution < -0.4 is 21.3 Å². The van der Waals surface area contributed by atoms with Crippen LogP contribution in [0.5, 0.6) is 0 Å². The molecule has 0 saturated carbocycles. The molecule has 1 aliphatic heterocycles. The highest BCUT2D eigenvalue weighted by Crippen LogP contribution is 2.43. The average Bonchev–Trinajstić information content (AvgIpc) is 3.51. The Morgan fingerprint density at radius 1 is 0.479 bits per heavy atom. The van der Waals surface area contributed by atoms with Crippen LogP contribution in [0.4, 0.5) is 17.1 Å². The lowest BCUT2D eigenvalue weighted by Crippen LogP contribution is -2.56. The van der Waals surface area contributed by atoms with Gasteiger partial charge >= 0.3 is 0 Å². The van der Waals surface area contributed by atoms with Crippen LogP contribution in [0.3, 0.4) is 0 Å². The molecular weight excluding hydrogens is 599 g/mol. The lowest BCUT2D eigenvalue weighted by Gasteiger charge is -2.30. The molecule has 0 amide bonds.